The number of rotatable bonds is 3. The highest BCUT2D eigenvalue weighted by Gasteiger charge is 2.33. The summed E-state index contributed by atoms with van der Waals surface area (Å²) < 4.78 is 11.5. The van der Waals surface area contributed by atoms with Gasteiger partial charge in [-0.15, -0.1) is 0 Å². The third-order valence-electron chi connectivity index (χ3n) is 4.23. The quantitative estimate of drug-likeness (QED) is 0.932. The summed E-state index contributed by atoms with van der Waals surface area (Å²) in [4.78, 5) is 2.44. The predicted molar refractivity (Wildman–Crippen MR) is 84.3 cm³/mol. The molecule has 116 valence electrons. The van der Waals surface area contributed by atoms with Crippen molar-refractivity contribution in [1.29, 1.82) is 0 Å². The Morgan fingerprint density at radius 3 is 2.95 bits per heavy atom. The topological polar surface area (TPSA) is 47.7 Å². The first-order valence-corrected chi connectivity index (χ1v) is 8.17. The fourth-order valence-electron chi connectivity index (χ4n) is 3.30. The van der Waals surface area contributed by atoms with Crippen LogP contribution in [-0.2, 0) is 0 Å². The molecule has 0 bridgehead atoms. The van der Waals surface area contributed by atoms with Crippen molar-refractivity contribution in [2.45, 2.75) is 38.3 Å². The van der Waals surface area contributed by atoms with E-state index in [0.717, 1.165) is 43.7 Å². The molecule has 1 fully saturated rings. The minimum atomic E-state index is 0.150. The van der Waals surface area contributed by atoms with Crippen molar-refractivity contribution in [3.63, 3.8) is 0 Å². The molecule has 3 rings (SSSR count). The fraction of sp³-hybridized carbons (Fsp3) is 0.625. The van der Waals surface area contributed by atoms with Crippen LogP contribution < -0.4 is 15.2 Å². The molecule has 1 saturated heterocycles. The molecular formula is C16H23ClN2O2. The van der Waals surface area contributed by atoms with E-state index in [0.29, 0.717) is 24.0 Å². The highest BCUT2D eigenvalue weighted by molar-refractivity contribution is 6.32. The maximum Gasteiger partial charge on any atom is 0.179 e. The van der Waals surface area contributed by atoms with Gasteiger partial charge in [-0.25, -0.2) is 0 Å². The molecule has 0 amide bonds. The molecule has 0 radical (unpaired) electrons. The van der Waals surface area contributed by atoms with E-state index in [9.17, 15) is 0 Å². The number of nitrogens with zero attached hydrogens (tertiary/aromatic N) is 1. The molecule has 0 saturated carbocycles. The summed E-state index contributed by atoms with van der Waals surface area (Å²) in [5.74, 6) is 1.43. The van der Waals surface area contributed by atoms with Crippen molar-refractivity contribution in [1.82, 2.24) is 4.90 Å². The summed E-state index contributed by atoms with van der Waals surface area (Å²) in [5, 5.41) is 0.625. The van der Waals surface area contributed by atoms with Crippen LogP contribution in [0.1, 0.15) is 37.8 Å². The molecule has 2 N–H and O–H groups in total. The van der Waals surface area contributed by atoms with Gasteiger partial charge in [-0.1, -0.05) is 18.5 Å². The van der Waals surface area contributed by atoms with Gasteiger partial charge in [0.25, 0.3) is 0 Å². The first-order valence-electron chi connectivity index (χ1n) is 7.79. The van der Waals surface area contributed by atoms with Gasteiger partial charge in [0.2, 0.25) is 0 Å². The molecule has 0 aliphatic carbocycles. The van der Waals surface area contributed by atoms with Crippen molar-refractivity contribution in [3.8, 4) is 11.5 Å². The molecule has 1 aromatic carbocycles. The first kappa shape index (κ1) is 14.9. The molecule has 4 nitrogen and oxygen atoms in total. The summed E-state index contributed by atoms with van der Waals surface area (Å²) in [6.07, 6.45) is 3.03. The Kier molecular flexibility index (Phi) is 4.57. The summed E-state index contributed by atoms with van der Waals surface area (Å²) in [5.41, 5.74) is 7.47. The summed E-state index contributed by atoms with van der Waals surface area (Å²) in [7, 11) is 0. The number of nitrogens with two attached hydrogens (primary N) is 1. The van der Waals surface area contributed by atoms with E-state index >= 15 is 0 Å². The largest absolute Gasteiger partial charge is 0.489 e. The second-order valence-corrected chi connectivity index (χ2v) is 6.22. The molecule has 21 heavy (non-hydrogen) atoms. The standard InChI is InChI=1S/C16H23ClN2O2/c1-2-5-19-6-4-13(18)15(19)11-9-12(17)16-14(10-11)20-7-3-8-21-16/h9-10,13,15H,2-8,18H2,1H3. The molecule has 0 aromatic heterocycles. The third-order valence-corrected chi connectivity index (χ3v) is 4.51. The number of hydrogen-bond acceptors (Lipinski definition) is 4. The number of ether oxygens (including phenoxy) is 2. The Bertz CT molecular complexity index is 507. The molecule has 2 aliphatic heterocycles. The smallest absolute Gasteiger partial charge is 0.179 e. The van der Waals surface area contributed by atoms with Gasteiger partial charge in [-0.05, 0) is 37.1 Å². The van der Waals surface area contributed by atoms with Crippen LogP contribution in [0.2, 0.25) is 5.02 Å². The van der Waals surface area contributed by atoms with Crippen molar-refractivity contribution in [2.24, 2.45) is 5.73 Å². The average Bonchev–Trinajstić information content (AvgIpc) is 2.68. The Labute approximate surface area is 131 Å². The van der Waals surface area contributed by atoms with E-state index in [1.165, 1.54) is 0 Å². The number of fused-ring (bicyclic) bond motifs is 1. The highest BCUT2D eigenvalue weighted by atomic mass is 35.5. The van der Waals surface area contributed by atoms with E-state index in [4.69, 9.17) is 26.8 Å². The van der Waals surface area contributed by atoms with Gasteiger partial charge in [0, 0.05) is 19.0 Å². The summed E-state index contributed by atoms with van der Waals surface area (Å²) in [6, 6.07) is 4.43. The number of benzene rings is 1. The van der Waals surface area contributed by atoms with E-state index in [1.807, 2.05) is 6.07 Å². The zero-order valence-electron chi connectivity index (χ0n) is 12.5. The van der Waals surface area contributed by atoms with Crippen LogP contribution in [0.3, 0.4) is 0 Å². The minimum absolute atomic E-state index is 0.150. The van der Waals surface area contributed by atoms with Crippen LogP contribution in [0, 0.1) is 0 Å². The molecule has 2 heterocycles. The van der Waals surface area contributed by atoms with E-state index in [-0.39, 0.29) is 12.1 Å². The van der Waals surface area contributed by atoms with Crippen molar-refractivity contribution < 1.29 is 9.47 Å². The van der Waals surface area contributed by atoms with Crippen molar-refractivity contribution in [2.75, 3.05) is 26.3 Å². The molecule has 2 atom stereocenters. The Hall–Kier alpha value is -0.970. The van der Waals surface area contributed by atoms with Gasteiger partial charge >= 0.3 is 0 Å². The highest BCUT2D eigenvalue weighted by Crippen LogP contribution is 2.42. The second kappa shape index (κ2) is 6.42. The number of halogens is 1. The maximum absolute atomic E-state index is 6.41. The normalized spacial score (nSPS) is 25.9. The monoisotopic (exact) mass is 310 g/mol. The van der Waals surface area contributed by atoms with Crippen molar-refractivity contribution in [3.05, 3.63) is 22.7 Å². The lowest BCUT2D eigenvalue weighted by atomic mass is 10.00. The van der Waals surface area contributed by atoms with Crippen LogP contribution in [0.4, 0.5) is 0 Å². The van der Waals surface area contributed by atoms with E-state index < -0.39 is 0 Å². The Morgan fingerprint density at radius 1 is 1.33 bits per heavy atom. The number of likely N-dealkylation sites (tertiary alicyclic amines) is 1. The van der Waals surface area contributed by atoms with Crippen LogP contribution in [0.25, 0.3) is 0 Å². The van der Waals surface area contributed by atoms with Crippen LogP contribution in [-0.4, -0.2) is 37.2 Å². The molecule has 1 aromatic rings. The van der Waals surface area contributed by atoms with Gasteiger partial charge in [-0.3, -0.25) is 4.90 Å². The molecular weight excluding hydrogens is 288 g/mol. The van der Waals surface area contributed by atoms with Gasteiger partial charge in [0.05, 0.1) is 24.3 Å². The van der Waals surface area contributed by atoms with Gasteiger partial charge in [-0.2, -0.15) is 0 Å². The van der Waals surface area contributed by atoms with Crippen molar-refractivity contribution >= 4 is 11.6 Å². The maximum atomic E-state index is 6.41. The number of hydrogen-bond donors (Lipinski definition) is 1. The van der Waals surface area contributed by atoms with E-state index in [1.54, 1.807) is 0 Å². The average molecular weight is 311 g/mol. The molecule has 2 aliphatic rings. The lowest BCUT2D eigenvalue weighted by Crippen LogP contribution is -2.32. The van der Waals surface area contributed by atoms with Gasteiger partial charge in [0.1, 0.15) is 0 Å². The fourth-order valence-corrected chi connectivity index (χ4v) is 3.57. The van der Waals surface area contributed by atoms with Crippen LogP contribution in [0.15, 0.2) is 12.1 Å². The Balaban J connectivity index is 1.94. The van der Waals surface area contributed by atoms with Gasteiger partial charge in [0.15, 0.2) is 11.5 Å². The summed E-state index contributed by atoms with van der Waals surface area (Å²) in [6.45, 7) is 5.62. The minimum Gasteiger partial charge on any atom is -0.489 e. The van der Waals surface area contributed by atoms with Crippen LogP contribution >= 0.6 is 11.6 Å². The molecule has 5 heteroatoms. The predicted octanol–water partition coefficient (Wildman–Crippen LogP) is 2.99. The molecule has 2 unspecified atom stereocenters. The third kappa shape index (κ3) is 2.98. The zero-order chi connectivity index (χ0) is 14.8. The van der Waals surface area contributed by atoms with Gasteiger partial charge < -0.3 is 15.2 Å². The lowest BCUT2D eigenvalue weighted by Gasteiger charge is -2.27. The Morgan fingerprint density at radius 2 is 2.14 bits per heavy atom. The van der Waals surface area contributed by atoms with E-state index in [2.05, 4.69) is 17.9 Å². The summed E-state index contributed by atoms with van der Waals surface area (Å²) >= 11 is 6.41. The SMILES string of the molecule is CCCN1CCC(N)C1c1cc(Cl)c2c(c1)OCCCO2. The van der Waals surface area contributed by atoms with Crippen LogP contribution in [0.5, 0.6) is 11.5 Å². The first-order chi connectivity index (χ1) is 10.2. The molecule has 0 spiro atoms. The lowest BCUT2D eigenvalue weighted by molar-refractivity contribution is 0.247. The second-order valence-electron chi connectivity index (χ2n) is 5.81. The zero-order valence-corrected chi connectivity index (χ0v) is 13.2.